The Kier molecular flexibility index (Phi) is 2.05. The first-order valence-corrected chi connectivity index (χ1v) is 3.21. The predicted octanol–water partition coefficient (Wildman–Crippen LogP) is 0.542. The Bertz CT molecular complexity index is 122. The summed E-state index contributed by atoms with van der Waals surface area (Å²) in [6.07, 6.45) is 2.08. The molecule has 1 heterocycles. The quantitative estimate of drug-likeness (QED) is 0.382. The molecule has 52 valence electrons. The molecule has 1 rings (SSSR count). The maximum atomic E-state index is 8.37. The third-order valence-corrected chi connectivity index (χ3v) is 1.60. The lowest BCUT2D eigenvalue weighted by molar-refractivity contribution is 0.298. The lowest BCUT2D eigenvalue weighted by Gasteiger charge is -2.21. The number of nitrogens with zero attached hydrogens (tertiary/aromatic N) is 2. The van der Waals surface area contributed by atoms with Gasteiger partial charge in [0.05, 0.1) is 5.71 Å². The van der Waals surface area contributed by atoms with E-state index in [-0.39, 0.29) is 0 Å². The molecular formula is C6H12N2O. The SMILES string of the molecule is CN1CCCC(=NO)C1. The van der Waals surface area contributed by atoms with Gasteiger partial charge in [0.25, 0.3) is 0 Å². The van der Waals surface area contributed by atoms with Crippen LogP contribution in [0.3, 0.4) is 0 Å². The second-order valence-corrected chi connectivity index (χ2v) is 2.51. The minimum Gasteiger partial charge on any atom is -0.411 e. The van der Waals surface area contributed by atoms with Gasteiger partial charge in [-0.2, -0.15) is 0 Å². The third-order valence-electron chi connectivity index (χ3n) is 1.60. The molecular weight excluding hydrogens is 116 g/mol. The van der Waals surface area contributed by atoms with Crippen LogP contribution in [0.25, 0.3) is 0 Å². The summed E-state index contributed by atoms with van der Waals surface area (Å²) in [6.45, 7) is 1.95. The highest BCUT2D eigenvalue weighted by molar-refractivity contribution is 5.86. The fourth-order valence-electron chi connectivity index (χ4n) is 1.10. The van der Waals surface area contributed by atoms with E-state index < -0.39 is 0 Å². The van der Waals surface area contributed by atoms with Crippen molar-refractivity contribution in [2.24, 2.45) is 5.16 Å². The van der Waals surface area contributed by atoms with Gasteiger partial charge in [-0.15, -0.1) is 0 Å². The van der Waals surface area contributed by atoms with E-state index in [1.165, 1.54) is 0 Å². The van der Waals surface area contributed by atoms with Gasteiger partial charge < -0.3 is 10.1 Å². The van der Waals surface area contributed by atoms with Gasteiger partial charge in [0.2, 0.25) is 0 Å². The van der Waals surface area contributed by atoms with Crippen LogP contribution in [0, 0.1) is 0 Å². The first-order valence-electron chi connectivity index (χ1n) is 3.21. The summed E-state index contributed by atoms with van der Waals surface area (Å²) in [5, 5.41) is 11.5. The Morgan fingerprint density at radius 3 is 2.89 bits per heavy atom. The van der Waals surface area contributed by atoms with Crippen molar-refractivity contribution in [1.29, 1.82) is 0 Å². The van der Waals surface area contributed by atoms with Gasteiger partial charge in [-0.1, -0.05) is 5.16 Å². The van der Waals surface area contributed by atoms with Gasteiger partial charge in [0, 0.05) is 6.54 Å². The van der Waals surface area contributed by atoms with Gasteiger partial charge in [-0.05, 0) is 26.4 Å². The zero-order valence-corrected chi connectivity index (χ0v) is 5.67. The predicted molar refractivity (Wildman–Crippen MR) is 36.0 cm³/mol. The highest BCUT2D eigenvalue weighted by Crippen LogP contribution is 2.03. The summed E-state index contributed by atoms with van der Waals surface area (Å²) in [6, 6.07) is 0. The van der Waals surface area contributed by atoms with Crippen LogP contribution in [0.15, 0.2) is 5.16 Å². The zero-order valence-electron chi connectivity index (χ0n) is 5.67. The van der Waals surface area contributed by atoms with Crippen LogP contribution in [0.1, 0.15) is 12.8 Å². The lowest BCUT2D eigenvalue weighted by atomic mass is 10.1. The molecule has 0 radical (unpaired) electrons. The standard InChI is InChI=1S/C6H12N2O/c1-8-4-2-3-6(5-8)7-9/h9H,2-5H2,1H3. The Hall–Kier alpha value is -0.570. The highest BCUT2D eigenvalue weighted by Gasteiger charge is 2.10. The molecule has 0 spiro atoms. The molecule has 0 saturated carbocycles. The van der Waals surface area contributed by atoms with Crippen molar-refractivity contribution in [2.75, 3.05) is 20.1 Å². The van der Waals surface area contributed by atoms with Crippen molar-refractivity contribution in [2.45, 2.75) is 12.8 Å². The van der Waals surface area contributed by atoms with Crippen LogP contribution >= 0.6 is 0 Å². The van der Waals surface area contributed by atoms with E-state index in [1.54, 1.807) is 0 Å². The fraction of sp³-hybridized carbons (Fsp3) is 0.833. The van der Waals surface area contributed by atoms with E-state index in [4.69, 9.17) is 5.21 Å². The van der Waals surface area contributed by atoms with E-state index in [2.05, 4.69) is 10.1 Å². The molecule has 0 amide bonds. The normalized spacial score (nSPS) is 27.0. The molecule has 0 aromatic rings. The molecule has 0 aliphatic carbocycles. The van der Waals surface area contributed by atoms with Gasteiger partial charge in [0.15, 0.2) is 0 Å². The molecule has 1 aliphatic rings. The van der Waals surface area contributed by atoms with Crippen molar-refractivity contribution in [3.05, 3.63) is 0 Å². The number of piperidine rings is 1. The summed E-state index contributed by atoms with van der Waals surface area (Å²) < 4.78 is 0. The van der Waals surface area contributed by atoms with Gasteiger partial charge >= 0.3 is 0 Å². The summed E-state index contributed by atoms with van der Waals surface area (Å²) >= 11 is 0. The van der Waals surface area contributed by atoms with E-state index in [1.807, 2.05) is 7.05 Å². The van der Waals surface area contributed by atoms with Crippen LogP contribution < -0.4 is 0 Å². The summed E-state index contributed by atoms with van der Waals surface area (Å²) in [5.74, 6) is 0. The molecule has 1 aliphatic heterocycles. The van der Waals surface area contributed by atoms with Crippen LogP contribution in [0.2, 0.25) is 0 Å². The van der Waals surface area contributed by atoms with E-state index in [0.29, 0.717) is 0 Å². The molecule has 0 aromatic carbocycles. The fourth-order valence-corrected chi connectivity index (χ4v) is 1.10. The molecule has 9 heavy (non-hydrogen) atoms. The topological polar surface area (TPSA) is 35.8 Å². The van der Waals surface area contributed by atoms with E-state index in [9.17, 15) is 0 Å². The Balaban J connectivity index is 2.41. The second-order valence-electron chi connectivity index (χ2n) is 2.51. The maximum absolute atomic E-state index is 8.37. The number of hydrogen-bond donors (Lipinski definition) is 1. The lowest BCUT2D eigenvalue weighted by Crippen LogP contribution is -2.32. The number of oxime groups is 1. The van der Waals surface area contributed by atoms with Crippen molar-refractivity contribution in [3.8, 4) is 0 Å². The maximum Gasteiger partial charge on any atom is 0.0711 e. The van der Waals surface area contributed by atoms with Crippen LogP contribution in [-0.2, 0) is 0 Å². The Morgan fingerprint density at radius 1 is 1.67 bits per heavy atom. The molecule has 3 heteroatoms. The van der Waals surface area contributed by atoms with Crippen LogP contribution in [0.5, 0.6) is 0 Å². The zero-order chi connectivity index (χ0) is 6.69. The first-order chi connectivity index (χ1) is 4.33. The van der Waals surface area contributed by atoms with Gasteiger partial charge in [-0.3, -0.25) is 0 Å². The second kappa shape index (κ2) is 2.82. The first kappa shape index (κ1) is 6.55. The average Bonchev–Trinajstić information content (AvgIpc) is 1.88. The average molecular weight is 128 g/mol. The number of hydrogen-bond acceptors (Lipinski definition) is 3. The van der Waals surface area contributed by atoms with Crippen LogP contribution in [-0.4, -0.2) is 36.0 Å². The molecule has 1 fully saturated rings. The molecule has 3 nitrogen and oxygen atoms in total. The molecule has 0 bridgehead atoms. The van der Waals surface area contributed by atoms with Crippen molar-refractivity contribution in [1.82, 2.24) is 4.90 Å². The minimum atomic E-state index is 0.830. The van der Waals surface area contributed by atoms with Gasteiger partial charge in [0.1, 0.15) is 0 Å². The number of likely N-dealkylation sites (tertiary alicyclic amines) is 1. The summed E-state index contributed by atoms with van der Waals surface area (Å²) in [5.41, 5.74) is 0.906. The highest BCUT2D eigenvalue weighted by atomic mass is 16.4. The number of rotatable bonds is 0. The third kappa shape index (κ3) is 1.68. The molecule has 0 aromatic heterocycles. The Labute approximate surface area is 55.0 Å². The smallest absolute Gasteiger partial charge is 0.0711 e. The summed E-state index contributed by atoms with van der Waals surface area (Å²) in [7, 11) is 2.03. The molecule has 0 unspecified atom stereocenters. The van der Waals surface area contributed by atoms with Crippen molar-refractivity contribution < 1.29 is 5.21 Å². The van der Waals surface area contributed by atoms with Crippen molar-refractivity contribution >= 4 is 5.71 Å². The Morgan fingerprint density at radius 2 is 2.44 bits per heavy atom. The molecule has 1 N–H and O–H groups in total. The van der Waals surface area contributed by atoms with E-state index in [0.717, 1.165) is 31.6 Å². The summed E-state index contributed by atoms with van der Waals surface area (Å²) in [4.78, 5) is 2.15. The molecule has 0 atom stereocenters. The minimum absolute atomic E-state index is 0.830. The van der Waals surface area contributed by atoms with Crippen molar-refractivity contribution in [3.63, 3.8) is 0 Å². The monoisotopic (exact) mass is 128 g/mol. The largest absolute Gasteiger partial charge is 0.411 e. The molecule has 1 saturated heterocycles. The van der Waals surface area contributed by atoms with E-state index >= 15 is 0 Å². The van der Waals surface area contributed by atoms with Crippen LogP contribution in [0.4, 0.5) is 0 Å². The van der Waals surface area contributed by atoms with Gasteiger partial charge in [-0.25, -0.2) is 0 Å².